The standard InChI is InChI=1S/C22H34N4O4/c1-3-24(9-10-26-8-4-7-23-26)16-19-5-6-21(22(15-19)28-2)30-18-20(27)17-25-11-13-29-14-12-25/h4-8,15,20,27H,3,9-14,16-18H2,1-2H3. The van der Waals surface area contributed by atoms with Crippen molar-refractivity contribution in [2.75, 3.05) is 59.7 Å². The van der Waals surface area contributed by atoms with Crippen molar-refractivity contribution in [3.05, 3.63) is 42.2 Å². The number of aromatic nitrogens is 2. The lowest BCUT2D eigenvalue weighted by Gasteiger charge is -2.28. The van der Waals surface area contributed by atoms with E-state index in [0.717, 1.165) is 58.0 Å². The van der Waals surface area contributed by atoms with E-state index in [2.05, 4.69) is 27.9 Å². The predicted molar refractivity (Wildman–Crippen MR) is 115 cm³/mol. The molecule has 1 aliphatic rings. The van der Waals surface area contributed by atoms with Gasteiger partial charge in [-0.25, -0.2) is 0 Å². The van der Waals surface area contributed by atoms with E-state index >= 15 is 0 Å². The molecule has 0 radical (unpaired) electrons. The van der Waals surface area contributed by atoms with Gasteiger partial charge < -0.3 is 19.3 Å². The minimum atomic E-state index is -0.551. The van der Waals surface area contributed by atoms with Gasteiger partial charge in [-0.3, -0.25) is 14.5 Å². The average Bonchev–Trinajstić information content (AvgIpc) is 3.30. The number of morpholine rings is 1. The Hall–Kier alpha value is -2.13. The molecule has 1 atom stereocenters. The molecule has 1 fully saturated rings. The molecule has 1 N–H and O–H groups in total. The summed E-state index contributed by atoms with van der Waals surface area (Å²) >= 11 is 0. The van der Waals surface area contributed by atoms with Crippen LogP contribution in [0.1, 0.15) is 12.5 Å². The van der Waals surface area contributed by atoms with Gasteiger partial charge in [-0.2, -0.15) is 5.10 Å². The highest BCUT2D eigenvalue weighted by Crippen LogP contribution is 2.28. The zero-order valence-corrected chi connectivity index (χ0v) is 18.1. The molecule has 1 saturated heterocycles. The van der Waals surface area contributed by atoms with Gasteiger partial charge in [-0.15, -0.1) is 0 Å². The van der Waals surface area contributed by atoms with Gasteiger partial charge in [-0.05, 0) is 30.3 Å². The smallest absolute Gasteiger partial charge is 0.161 e. The van der Waals surface area contributed by atoms with Crippen molar-refractivity contribution in [3.63, 3.8) is 0 Å². The predicted octanol–water partition coefficient (Wildman–Crippen LogP) is 1.49. The Morgan fingerprint density at radius 3 is 2.80 bits per heavy atom. The van der Waals surface area contributed by atoms with E-state index < -0.39 is 6.10 Å². The van der Waals surface area contributed by atoms with E-state index in [4.69, 9.17) is 14.2 Å². The largest absolute Gasteiger partial charge is 0.493 e. The van der Waals surface area contributed by atoms with Crippen LogP contribution in [0.25, 0.3) is 0 Å². The summed E-state index contributed by atoms with van der Waals surface area (Å²) in [5, 5.41) is 14.6. The Balaban J connectivity index is 1.50. The minimum Gasteiger partial charge on any atom is -0.493 e. The lowest BCUT2D eigenvalue weighted by Crippen LogP contribution is -2.42. The first-order valence-corrected chi connectivity index (χ1v) is 10.7. The van der Waals surface area contributed by atoms with Crippen LogP contribution < -0.4 is 9.47 Å². The lowest BCUT2D eigenvalue weighted by atomic mass is 10.2. The second-order valence-corrected chi connectivity index (χ2v) is 7.50. The quantitative estimate of drug-likeness (QED) is 0.560. The van der Waals surface area contributed by atoms with Gasteiger partial charge in [0.1, 0.15) is 12.7 Å². The molecule has 2 aromatic rings. The molecule has 2 heterocycles. The molecule has 8 heteroatoms. The number of aliphatic hydroxyl groups excluding tert-OH is 1. The van der Waals surface area contributed by atoms with E-state index in [1.807, 2.05) is 29.1 Å². The third-order valence-corrected chi connectivity index (χ3v) is 5.29. The number of nitrogens with zero attached hydrogens (tertiary/aromatic N) is 4. The van der Waals surface area contributed by atoms with E-state index in [1.54, 1.807) is 13.3 Å². The number of hydrogen-bond donors (Lipinski definition) is 1. The fourth-order valence-electron chi connectivity index (χ4n) is 3.53. The Bertz CT molecular complexity index is 735. The van der Waals surface area contributed by atoms with Crippen LogP contribution in [0.3, 0.4) is 0 Å². The molecule has 0 saturated carbocycles. The van der Waals surface area contributed by atoms with Crippen molar-refractivity contribution in [3.8, 4) is 11.5 Å². The molecule has 1 unspecified atom stereocenters. The molecule has 8 nitrogen and oxygen atoms in total. The SMILES string of the molecule is CCN(CCn1cccn1)Cc1ccc(OCC(O)CN2CCOCC2)c(OC)c1. The maximum atomic E-state index is 10.3. The molecule has 0 amide bonds. The van der Waals surface area contributed by atoms with Gasteiger partial charge in [-0.1, -0.05) is 13.0 Å². The van der Waals surface area contributed by atoms with Crippen LogP contribution in [0.5, 0.6) is 11.5 Å². The van der Waals surface area contributed by atoms with Crippen LogP contribution >= 0.6 is 0 Å². The van der Waals surface area contributed by atoms with Gasteiger partial charge in [0.2, 0.25) is 0 Å². The molecule has 0 spiro atoms. The Labute approximate surface area is 178 Å². The summed E-state index contributed by atoms with van der Waals surface area (Å²) in [5.74, 6) is 1.34. The van der Waals surface area contributed by atoms with Crippen molar-refractivity contribution in [1.82, 2.24) is 19.6 Å². The van der Waals surface area contributed by atoms with Gasteiger partial charge in [0, 0.05) is 45.1 Å². The zero-order chi connectivity index (χ0) is 21.2. The summed E-state index contributed by atoms with van der Waals surface area (Å²) in [6.45, 7) is 9.69. The number of aliphatic hydroxyl groups is 1. The fraction of sp³-hybridized carbons (Fsp3) is 0.591. The van der Waals surface area contributed by atoms with E-state index in [-0.39, 0.29) is 6.61 Å². The normalized spacial score (nSPS) is 16.0. The first-order valence-electron chi connectivity index (χ1n) is 10.7. The Kier molecular flexibility index (Phi) is 8.95. The number of likely N-dealkylation sites (N-methyl/N-ethyl adjacent to an activating group) is 1. The van der Waals surface area contributed by atoms with E-state index in [0.29, 0.717) is 18.0 Å². The highest BCUT2D eigenvalue weighted by molar-refractivity contribution is 5.43. The van der Waals surface area contributed by atoms with Crippen molar-refractivity contribution in [2.24, 2.45) is 0 Å². The molecule has 166 valence electrons. The maximum Gasteiger partial charge on any atom is 0.161 e. The molecular formula is C22H34N4O4. The van der Waals surface area contributed by atoms with Crippen molar-refractivity contribution < 1.29 is 19.3 Å². The van der Waals surface area contributed by atoms with Crippen LogP contribution in [0.15, 0.2) is 36.7 Å². The molecule has 30 heavy (non-hydrogen) atoms. The number of methoxy groups -OCH3 is 1. The maximum absolute atomic E-state index is 10.3. The van der Waals surface area contributed by atoms with Gasteiger partial charge in [0.05, 0.1) is 26.9 Å². The first kappa shape index (κ1) is 22.6. The summed E-state index contributed by atoms with van der Waals surface area (Å²) < 4.78 is 18.7. The number of hydrogen-bond acceptors (Lipinski definition) is 7. The average molecular weight is 419 g/mol. The minimum absolute atomic E-state index is 0.234. The molecule has 0 aliphatic carbocycles. The van der Waals surface area contributed by atoms with Gasteiger partial charge in [0.25, 0.3) is 0 Å². The van der Waals surface area contributed by atoms with Crippen molar-refractivity contribution >= 4 is 0 Å². The molecule has 3 rings (SSSR count). The van der Waals surface area contributed by atoms with E-state index in [1.165, 1.54) is 0 Å². The fourth-order valence-corrected chi connectivity index (χ4v) is 3.53. The van der Waals surface area contributed by atoms with Crippen LogP contribution in [-0.4, -0.2) is 90.4 Å². The third kappa shape index (κ3) is 6.98. The second kappa shape index (κ2) is 11.9. The Morgan fingerprint density at radius 2 is 2.10 bits per heavy atom. The highest BCUT2D eigenvalue weighted by atomic mass is 16.5. The Morgan fingerprint density at radius 1 is 1.27 bits per heavy atom. The molecular weight excluding hydrogens is 384 g/mol. The topological polar surface area (TPSA) is 72.2 Å². The zero-order valence-electron chi connectivity index (χ0n) is 18.1. The van der Waals surface area contributed by atoms with Gasteiger partial charge >= 0.3 is 0 Å². The van der Waals surface area contributed by atoms with Crippen LogP contribution in [0, 0.1) is 0 Å². The van der Waals surface area contributed by atoms with Crippen molar-refractivity contribution in [1.29, 1.82) is 0 Å². The van der Waals surface area contributed by atoms with E-state index in [9.17, 15) is 5.11 Å². The third-order valence-electron chi connectivity index (χ3n) is 5.29. The summed E-state index contributed by atoms with van der Waals surface area (Å²) in [4.78, 5) is 4.56. The summed E-state index contributed by atoms with van der Waals surface area (Å²) in [5.41, 5.74) is 1.16. The monoisotopic (exact) mass is 418 g/mol. The second-order valence-electron chi connectivity index (χ2n) is 7.50. The summed E-state index contributed by atoms with van der Waals surface area (Å²) in [7, 11) is 1.64. The lowest BCUT2D eigenvalue weighted by molar-refractivity contribution is 0.00445. The number of benzene rings is 1. The van der Waals surface area contributed by atoms with Gasteiger partial charge in [0.15, 0.2) is 11.5 Å². The molecule has 1 aliphatic heterocycles. The molecule has 1 aromatic heterocycles. The van der Waals surface area contributed by atoms with Crippen LogP contribution in [0.4, 0.5) is 0 Å². The van der Waals surface area contributed by atoms with Crippen molar-refractivity contribution in [2.45, 2.75) is 26.1 Å². The highest BCUT2D eigenvalue weighted by Gasteiger charge is 2.16. The molecule has 1 aromatic carbocycles. The number of rotatable bonds is 12. The number of ether oxygens (including phenoxy) is 3. The summed E-state index contributed by atoms with van der Waals surface area (Å²) in [6, 6.07) is 7.94. The van der Waals surface area contributed by atoms with Crippen LogP contribution in [0.2, 0.25) is 0 Å². The van der Waals surface area contributed by atoms with Crippen LogP contribution in [-0.2, 0) is 17.8 Å². The first-order chi connectivity index (χ1) is 14.7. The molecule has 0 bridgehead atoms. The summed E-state index contributed by atoms with van der Waals surface area (Å²) in [6.07, 6.45) is 3.24. The number of β-amino-alcohol motifs (C(OH)–C–C–N with tert-alkyl or cyclic N) is 1.